The van der Waals surface area contributed by atoms with Crippen molar-refractivity contribution >= 4 is 63.2 Å². The number of carbonyl (C=O) groups is 2. The lowest BCUT2D eigenvalue weighted by atomic mass is 10.1. The zero-order chi connectivity index (χ0) is 19.4. The molecule has 1 aliphatic heterocycles. The van der Waals surface area contributed by atoms with Gasteiger partial charge in [-0.3, -0.25) is 14.9 Å². The van der Waals surface area contributed by atoms with Gasteiger partial charge in [-0.15, -0.1) is 23.1 Å². The summed E-state index contributed by atoms with van der Waals surface area (Å²) in [6.07, 6.45) is 2.76. The molecular weight excluding hydrogens is 427 g/mol. The van der Waals surface area contributed by atoms with Crippen molar-refractivity contribution < 1.29 is 9.59 Å². The molecule has 144 valence electrons. The first-order chi connectivity index (χ1) is 12.9. The maximum Gasteiger partial charge on any atom is 0.236 e. The van der Waals surface area contributed by atoms with E-state index in [0.29, 0.717) is 28.0 Å². The monoisotopic (exact) mass is 444 g/mol. The molecule has 2 heterocycles. The van der Waals surface area contributed by atoms with Crippen molar-refractivity contribution in [2.75, 3.05) is 11.1 Å². The SMILES string of the molecule is CC1CC(=O)NC(SCC(=O)Nc2ncc(Cc3cccc(Cl)c3Cl)s2)N1. The van der Waals surface area contributed by atoms with Crippen molar-refractivity contribution in [1.82, 2.24) is 15.6 Å². The van der Waals surface area contributed by atoms with Crippen molar-refractivity contribution in [3.63, 3.8) is 0 Å². The highest BCUT2D eigenvalue weighted by atomic mass is 35.5. The van der Waals surface area contributed by atoms with Crippen molar-refractivity contribution in [2.45, 2.75) is 31.3 Å². The molecular formula is C17H18Cl2N4O2S2. The molecule has 0 spiro atoms. The molecule has 1 aromatic heterocycles. The van der Waals surface area contributed by atoms with Crippen LogP contribution in [0.2, 0.25) is 10.0 Å². The average molecular weight is 445 g/mol. The Morgan fingerprint density at radius 3 is 3.04 bits per heavy atom. The van der Waals surface area contributed by atoms with E-state index in [4.69, 9.17) is 23.2 Å². The van der Waals surface area contributed by atoms with Crippen LogP contribution in [-0.4, -0.2) is 34.1 Å². The summed E-state index contributed by atoms with van der Waals surface area (Å²) in [4.78, 5) is 28.9. The molecule has 2 unspecified atom stereocenters. The minimum absolute atomic E-state index is 0.0107. The van der Waals surface area contributed by atoms with E-state index in [-0.39, 0.29) is 29.1 Å². The molecule has 1 aliphatic rings. The lowest BCUT2D eigenvalue weighted by molar-refractivity contribution is -0.123. The maximum absolute atomic E-state index is 12.1. The summed E-state index contributed by atoms with van der Waals surface area (Å²) in [6.45, 7) is 1.94. The van der Waals surface area contributed by atoms with E-state index in [1.54, 1.807) is 12.3 Å². The number of nitrogens with one attached hydrogen (secondary N) is 3. The molecule has 0 saturated carbocycles. The molecule has 1 saturated heterocycles. The maximum atomic E-state index is 12.1. The van der Waals surface area contributed by atoms with E-state index in [1.165, 1.54) is 23.1 Å². The molecule has 0 radical (unpaired) electrons. The van der Waals surface area contributed by atoms with E-state index in [0.717, 1.165) is 10.4 Å². The third-order valence-corrected chi connectivity index (χ3v) is 6.58. The zero-order valence-electron chi connectivity index (χ0n) is 14.4. The van der Waals surface area contributed by atoms with Gasteiger partial charge in [-0.2, -0.15) is 0 Å². The third kappa shape index (κ3) is 5.83. The lowest BCUT2D eigenvalue weighted by Crippen LogP contribution is -2.53. The largest absolute Gasteiger partial charge is 0.332 e. The average Bonchev–Trinajstić information content (AvgIpc) is 3.03. The second-order valence-corrected chi connectivity index (χ2v) is 9.09. The fraction of sp³-hybridized carbons (Fsp3) is 0.353. The van der Waals surface area contributed by atoms with Crippen molar-refractivity contribution in [3.05, 3.63) is 44.9 Å². The topological polar surface area (TPSA) is 83.1 Å². The van der Waals surface area contributed by atoms with Crippen LogP contribution in [0.15, 0.2) is 24.4 Å². The summed E-state index contributed by atoms with van der Waals surface area (Å²) < 4.78 is 0. The number of benzene rings is 1. The minimum atomic E-state index is -0.260. The van der Waals surface area contributed by atoms with Crippen LogP contribution >= 0.6 is 46.3 Å². The number of hydrogen-bond acceptors (Lipinski definition) is 6. The van der Waals surface area contributed by atoms with Gasteiger partial charge in [-0.25, -0.2) is 4.98 Å². The van der Waals surface area contributed by atoms with Gasteiger partial charge in [-0.1, -0.05) is 35.3 Å². The van der Waals surface area contributed by atoms with Gasteiger partial charge < -0.3 is 10.6 Å². The zero-order valence-corrected chi connectivity index (χ0v) is 17.6. The summed E-state index contributed by atoms with van der Waals surface area (Å²) in [5.74, 6) is 0.0269. The van der Waals surface area contributed by atoms with Gasteiger partial charge in [-0.05, 0) is 18.6 Å². The van der Waals surface area contributed by atoms with Gasteiger partial charge in [0.05, 0.1) is 15.8 Å². The fourth-order valence-electron chi connectivity index (χ4n) is 2.57. The van der Waals surface area contributed by atoms with Gasteiger partial charge in [0.15, 0.2) is 5.13 Å². The first-order valence-electron chi connectivity index (χ1n) is 8.25. The number of hydrogen-bond donors (Lipinski definition) is 3. The molecule has 2 aromatic rings. The number of thiazole rings is 1. The van der Waals surface area contributed by atoms with Gasteiger partial charge in [0.2, 0.25) is 11.8 Å². The molecule has 3 N–H and O–H groups in total. The molecule has 1 fully saturated rings. The van der Waals surface area contributed by atoms with Crippen LogP contribution in [0, 0.1) is 0 Å². The van der Waals surface area contributed by atoms with E-state index in [1.807, 2.05) is 19.1 Å². The van der Waals surface area contributed by atoms with Crippen LogP contribution in [0.25, 0.3) is 0 Å². The lowest BCUT2D eigenvalue weighted by Gasteiger charge is -2.28. The Hall–Kier alpha value is -1.32. The summed E-state index contributed by atoms with van der Waals surface area (Å²) in [5.41, 5.74) is 0.651. The number of rotatable bonds is 6. The molecule has 27 heavy (non-hydrogen) atoms. The fourth-order valence-corrected chi connectivity index (χ4v) is 4.74. The van der Waals surface area contributed by atoms with Crippen LogP contribution in [0.4, 0.5) is 5.13 Å². The smallest absolute Gasteiger partial charge is 0.236 e. The Morgan fingerprint density at radius 2 is 2.26 bits per heavy atom. The predicted octanol–water partition coefficient (Wildman–Crippen LogP) is 3.49. The molecule has 10 heteroatoms. The summed E-state index contributed by atoms with van der Waals surface area (Å²) >= 11 is 15.0. The van der Waals surface area contributed by atoms with Gasteiger partial charge in [0.1, 0.15) is 5.50 Å². The highest BCUT2D eigenvalue weighted by molar-refractivity contribution is 8.00. The summed E-state index contributed by atoms with van der Waals surface area (Å²) in [5, 5.41) is 10.4. The molecule has 2 amide bonds. The Kier molecular flexibility index (Phi) is 6.99. The second kappa shape index (κ2) is 9.25. The third-order valence-electron chi connectivity index (χ3n) is 3.80. The van der Waals surface area contributed by atoms with Gasteiger partial charge >= 0.3 is 0 Å². The highest BCUT2D eigenvalue weighted by Crippen LogP contribution is 2.29. The Bertz CT molecular complexity index is 846. The number of aromatic nitrogens is 1. The first kappa shape index (κ1) is 20.4. The Labute approximate surface area is 175 Å². The van der Waals surface area contributed by atoms with Gasteiger partial charge in [0.25, 0.3) is 0 Å². The van der Waals surface area contributed by atoms with Crippen molar-refractivity contribution in [1.29, 1.82) is 0 Å². The van der Waals surface area contributed by atoms with E-state index in [9.17, 15) is 9.59 Å². The van der Waals surface area contributed by atoms with Crippen LogP contribution in [0.1, 0.15) is 23.8 Å². The molecule has 3 rings (SSSR count). The normalized spacial score (nSPS) is 19.6. The second-order valence-electron chi connectivity index (χ2n) is 6.10. The molecule has 6 nitrogen and oxygen atoms in total. The van der Waals surface area contributed by atoms with E-state index in [2.05, 4.69) is 20.9 Å². The van der Waals surface area contributed by atoms with E-state index < -0.39 is 0 Å². The molecule has 2 atom stereocenters. The van der Waals surface area contributed by atoms with Crippen molar-refractivity contribution in [3.8, 4) is 0 Å². The minimum Gasteiger partial charge on any atom is -0.332 e. The van der Waals surface area contributed by atoms with E-state index >= 15 is 0 Å². The Balaban J connectivity index is 1.50. The summed E-state index contributed by atoms with van der Waals surface area (Å²) in [6, 6.07) is 5.60. The quantitative estimate of drug-likeness (QED) is 0.634. The first-order valence-corrected chi connectivity index (χ1v) is 10.9. The van der Waals surface area contributed by atoms with Gasteiger partial charge in [0, 0.05) is 30.0 Å². The number of thioether (sulfide) groups is 1. The number of amides is 2. The number of nitrogens with zero attached hydrogens (tertiary/aromatic N) is 1. The number of carbonyl (C=O) groups excluding carboxylic acids is 2. The standard InChI is InChI=1S/C17H18Cl2N4O2S2/c1-9-5-13(24)22-17(21-9)26-8-14(25)23-16-20-7-11(27-16)6-10-3-2-4-12(18)15(10)19/h2-4,7,9,17,21H,5-6,8H2,1H3,(H,22,24)(H,20,23,25). The highest BCUT2D eigenvalue weighted by Gasteiger charge is 2.23. The van der Waals surface area contributed by atoms with Crippen LogP contribution < -0.4 is 16.0 Å². The van der Waals surface area contributed by atoms with Crippen LogP contribution in [-0.2, 0) is 16.0 Å². The van der Waals surface area contributed by atoms with Crippen LogP contribution in [0.5, 0.6) is 0 Å². The number of halogens is 2. The molecule has 0 aliphatic carbocycles. The predicted molar refractivity (Wildman–Crippen MR) is 112 cm³/mol. The van der Waals surface area contributed by atoms with Crippen molar-refractivity contribution in [2.24, 2.45) is 0 Å². The number of anilines is 1. The molecule has 0 bridgehead atoms. The summed E-state index contributed by atoms with van der Waals surface area (Å²) in [7, 11) is 0. The Morgan fingerprint density at radius 1 is 1.44 bits per heavy atom. The molecule has 1 aromatic carbocycles. The van der Waals surface area contributed by atoms with Crippen LogP contribution in [0.3, 0.4) is 0 Å².